The summed E-state index contributed by atoms with van der Waals surface area (Å²) in [5.74, 6) is 0. The molecule has 2 rings (SSSR count). The van der Waals surface area contributed by atoms with Gasteiger partial charge in [-0.15, -0.1) is 11.3 Å². The molecule has 7 heteroatoms. The Hall–Kier alpha value is -1.73. The second-order valence-electron chi connectivity index (χ2n) is 5.05. The van der Waals surface area contributed by atoms with E-state index in [-0.39, 0.29) is 16.7 Å². The van der Waals surface area contributed by atoms with Crippen molar-refractivity contribution < 1.29 is 4.92 Å². The number of anilines is 1. The van der Waals surface area contributed by atoms with Crippen molar-refractivity contribution in [3.05, 3.63) is 27.3 Å². The van der Waals surface area contributed by atoms with Crippen molar-refractivity contribution in [3.63, 3.8) is 0 Å². The van der Waals surface area contributed by atoms with Crippen LogP contribution in [-0.2, 0) is 0 Å². The molecule has 0 bridgehead atoms. The van der Waals surface area contributed by atoms with E-state index < -0.39 is 0 Å². The van der Waals surface area contributed by atoms with Gasteiger partial charge in [-0.25, -0.2) is 4.98 Å². The predicted molar refractivity (Wildman–Crippen MR) is 87.0 cm³/mol. The number of nitro groups is 1. The summed E-state index contributed by atoms with van der Waals surface area (Å²) in [7, 11) is 0. The highest BCUT2D eigenvalue weighted by atomic mass is 32.1. The second kappa shape index (κ2) is 6.82. The summed E-state index contributed by atoms with van der Waals surface area (Å²) >= 11 is 1.46. The first-order valence-corrected chi connectivity index (χ1v) is 7.89. The van der Waals surface area contributed by atoms with E-state index in [4.69, 9.17) is 5.73 Å². The van der Waals surface area contributed by atoms with Crippen LogP contribution in [0.5, 0.6) is 0 Å². The van der Waals surface area contributed by atoms with Crippen molar-refractivity contribution in [1.29, 1.82) is 0 Å². The number of benzene rings is 1. The van der Waals surface area contributed by atoms with Crippen molar-refractivity contribution in [1.82, 2.24) is 4.98 Å². The van der Waals surface area contributed by atoms with Crippen LogP contribution in [0.1, 0.15) is 31.2 Å². The number of hydrogen-bond donors (Lipinski definition) is 2. The first-order chi connectivity index (χ1) is 10.0. The summed E-state index contributed by atoms with van der Waals surface area (Å²) < 4.78 is 0.836. The van der Waals surface area contributed by atoms with Crippen LogP contribution < -0.4 is 11.1 Å². The number of nitro benzene ring substituents is 1. The first-order valence-electron chi connectivity index (χ1n) is 7.07. The zero-order valence-corrected chi connectivity index (χ0v) is 13.1. The fourth-order valence-corrected chi connectivity index (χ4v) is 3.11. The van der Waals surface area contributed by atoms with Crippen LogP contribution in [-0.4, -0.2) is 22.5 Å². The van der Waals surface area contributed by atoms with E-state index in [0.717, 1.165) is 34.5 Å². The summed E-state index contributed by atoms with van der Waals surface area (Å²) in [6.45, 7) is 4.46. The van der Waals surface area contributed by atoms with E-state index in [9.17, 15) is 10.1 Å². The van der Waals surface area contributed by atoms with Gasteiger partial charge >= 0.3 is 0 Å². The molecule has 1 unspecified atom stereocenters. The quantitative estimate of drug-likeness (QED) is 0.603. The highest BCUT2D eigenvalue weighted by Crippen LogP contribution is 2.33. The Bertz CT molecular complexity index is 641. The van der Waals surface area contributed by atoms with Gasteiger partial charge in [-0.1, -0.05) is 19.8 Å². The number of rotatable bonds is 7. The molecular formula is C14H20N4O2S. The smallest absolute Gasteiger partial charge is 0.293 e. The van der Waals surface area contributed by atoms with E-state index in [1.54, 1.807) is 12.1 Å². The van der Waals surface area contributed by atoms with Crippen molar-refractivity contribution in [2.24, 2.45) is 5.73 Å². The molecule has 6 nitrogen and oxygen atoms in total. The van der Waals surface area contributed by atoms with Crippen LogP contribution in [0.3, 0.4) is 0 Å². The maximum atomic E-state index is 11.3. The Labute approximate surface area is 127 Å². The summed E-state index contributed by atoms with van der Waals surface area (Å²) in [6.07, 6.45) is 3.02. The molecular weight excluding hydrogens is 288 g/mol. The van der Waals surface area contributed by atoms with Gasteiger partial charge in [0.1, 0.15) is 5.69 Å². The van der Waals surface area contributed by atoms with E-state index in [1.165, 1.54) is 11.3 Å². The molecule has 0 spiro atoms. The fourth-order valence-electron chi connectivity index (χ4n) is 2.26. The largest absolute Gasteiger partial charge is 0.375 e. The maximum Gasteiger partial charge on any atom is 0.293 e. The minimum atomic E-state index is -0.357. The van der Waals surface area contributed by atoms with E-state index in [1.807, 2.05) is 6.92 Å². The third-order valence-electron chi connectivity index (χ3n) is 3.36. The molecule has 0 amide bonds. The number of nitrogens with zero attached hydrogens (tertiary/aromatic N) is 2. The van der Waals surface area contributed by atoms with Crippen LogP contribution in [0, 0.1) is 17.0 Å². The fraction of sp³-hybridized carbons (Fsp3) is 0.500. The molecule has 2 aromatic rings. The summed E-state index contributed by atoms with van der Waals surface area (Å²) in [5, 5.41) is 15.4. The van der Waals surface area contributed by atoms with Gasteiger partial charge in [0.05, 0.1) is 20.1 Å². The number of nitrogens with one attached hydrogen (secondary N) is 1. The highest BCUT2D eigenvalue weighted by molar-refractivity contribution is 7.18. The van der Waals surface area contributed by atoms with Crippen molar-refractivity contribution >= 4 is 32.9 Å². The predicted octanol–water partition coefficient (Wildman–Crippen LogP) is 3.44. The topological polar surface area (TPSA) is 94.1 Å². The lowest BCUT2D eigenvalue weighted by molar-refractivity contribution is -0.383. The van der Waals surface area contributed by atoms with E-state index in [2.05, 4.69) is 17.2 Å². The SMILES string of the molecule is CCCCC(CN)Nc1cc2nc(C)sc2cc1[N+](=O)[O-]. The van der Waals surface area contributed by atoms with Crippen molar-refractivity contribution in [2.45, 2.75) is 39.2 Å². The Morgan fingerprint density at radius 2 is 2.29 bits per heavy atom. The van der Waals surface area contributed by atoms with Gasteiger partial charge in [-0.2, -0.15) is 0 Å². The maximum absolute atomic E-state index is 11.3. The molecule has 1 atom stereocenters. The second-order valence-corrected chi connectivity index (χ2v) is 6.28. The third kappa shape index (κ3) is 3.68. The standard InChI is InChI=1S/C14H20N4O2S/c1-3-4-5-10(8-15)17-11-6-12-14(21-9(2)16-12)7-13(11)18(19)20/h6-7,10,17H,3-5,8,15H2,1-2H3. The third-order valence-corrected chi connectivity index (χ3v) is 4.29. The number of unbranched alkanes of at least 4 members (excludes halogenated alkanes) is 1. The molecule has 21 heavy (non-hydrogen) atoms. The monoisotopic (exact) mass is 308 g/mol. The number of hydrogen-bond acceptors (Lipinski definition) is 6. The number of fused-ring (bicyclic) bond motifs is 1. The molecule has 0 fully saturated rings. The normalized spacial score (nSPS) is 12.5. The Morgan fingerprint density at radius 3 is 2.90 bits per heavy atom. The van der Waals surface area contributed by atoms with E-state index >= 15 is 0 Å². The van der Waals surface area contributed by atoms with Gasteiger partial charge in [0.2, 0.25) is 0 Å². The molecule has 0 saturated heterocycles. The lowest BCUT2D eigenvalue weighted by Crippen LogP contribution is -2.29. The van der Waals surface area contributed by atoms with Crippen LogP contribution in [0.25, 0.3) is 10.2 Å². The molecule has 0 radical (unpaired) electrons. The van der Waals surface area contributed by atoms with Crippen molar-refractivity contribution in [3.8, 4) is 0 Å². The van der Waals surface area contributed by atoms with Gasteiger partial charge in [0.15, 0.2) is 0 Å². The van der Waals surface area contributed by atoms with Crippen LogP contribution >= 0.6 is 11.3 Å². The minimum absolute atomic E-state index is 0.0424. The molecule has 1 aromatic carbocycles. The number of aromatic nitrogens is 1. The van der Waals surface area contributed by atoms with E-state index in [0.29, 0.717) is 12.2 Å². The molecule has 1 aromatic heterocycles. The highest BCUT2D eigenvalue weighted by Gasteiger charge is 2.19. The lowest BCUT2D eigenvalue weighted by atomic mass is 10.1. The molecule has 0 aliphatic heterocycles. The minimum Gasteiger partial charge on any atom is -0.375 e. The zero-order valence-electron chi connectivity index (χ0n) is 12.3. The van der Waals surface area contributed by atoms with Gasteiger partial charge in [-0.3, -0.25) is 10.1 Å². The molecule has 0 saturated carbocycles. The molecule has 0 aliphatic carbocycles. The molecule has 1 heterocycles. The summed E-state index contributed by atoms with van der Waals surface area (Å²) in [4.78, 5) is 15.3. The van der Waals surface area contributed by atoms with Gasteiger partial charge < -0.3 is 11.1 Å². The summed E-state index contributed by atoms with van der Waals surface area (Å²) in [6, 6.07) is 3.39. The van der Waals surface area contributed by atoms with Crippen molar-refractivity contribution in [2.75, 3.05) is 11.9 Å². The first kappa shape index (κ1) is 15.7. The summed E-state index contributed by atoms with van der Waals surface area (Å²) in [5.41, 5.74) is 7.14. The van der Waals surface area contributed by atoms with Gasteiger partial charge in [0.25, 0.3) is 5.69 Å². The molecule has 0 aliphatic rings. The van der Waals surface area contributed by atoms with Gasteiger partial charge in [0, 0.05) is 18.7 Å². The number of aryl methyl sites for hydroxylation is 1. The number of thiazole rings is 1. The zero-order chi connectivity index (χ0) is 15.4. The molecule has 3 N–H and O–H groups in total. The van der Waals surface area contributed by atoms with Crippen LogP contribution in [0.4, 0.5) is 11.4 Å². The average molecular weight is 308 g/mol. The van der Waals surface area contributed by atoms with Crippen LogP contribution in [0.2, 0.25) is 0 Å². The Balaban J connectivity index is 2.35. The van der Waals surface area contributed by atoms with Gasteiger partial charge in [-0.05, 0) is 19.4 Å². The molecule has 114 valence electrons. The average Bonchev–Trinajstić information content (AvgIpc) is 2.81. The Morgan fingerprint density at radius 1 is 1.52 bits per heavy atom. The van der Waals surface area contributed by atoms with Crippen LogP contribution in [0.15, 0.2) is 12.1 Å². The number of nitrogens with two attached hydrogens (primary N) is 1. The lowest BCUT2D eigenvalue weighted by Gasteiger charge is -2.17. The Kier molecular flexibility index (Phi) is 5.08.